The molecule has 0 radical (unpaired) electrons. The predicted molar refractivity (Wildman–Crippen MR) is 61.6 cm³/mol. The molecule has 0 unspecified atom stereocenters. The normalized spacial score (nSPS) is 10.2. The van der Waals surface area contributed by atoms with Crippen molar-refractivity contribution in [1.29, 1.82) is 0 Å². The van der Waals surface area contributed by atoms with Crippen molar-refractivity contribution in [3.8, 4) is 0 Å². The molecule has 3 N–H and O–H groups in total. The van der Waals surface area contributed by atoms with Gasteiger partial charge in [-0.3, -0.25) is 9.59 Å². The highest BCUT2D eigenvalue weighted by Crippen LogP contribution is 2.07. The smallest absolute Gasteiger partial charge is 0.249 e. The minimum atomic E-state index is -0.477. The molecule has 0 fully saturated rings. The van der Waals surface area contributed by atoms with E-state index in [1.54, 1.807) is 18.2 Å². The lowest BCUT2D eigenvalue weighted by Crippen LogP contribution is -2.28. The van der Waals surface area contributed by atoms with Crippen molar-refractivity contribution < 1.29 is 9.59 Å². The zero-order valence-corrected chi connectivity index (χ0v) is 9.49. The molecule has 1 rings (SSSR count). The second-order valence-electron chi connectivity index (χ2n) is 3.89. The van der Waals surface area contributed by atoms with Crippen molar-refractivity contribution >= 4 is 11.8 Å². The lowest BCUT2D eigenvalue weighted by Gasteiger charge is -2.09. The van der Waals surface area contributed by atoms with Gasteiger partial charge in [0.1, 0.15) is 0 Å². The van der Waals surface area contributed by atoms with E-state index in [2.05, 4.69) is 5.32 Å². The van der Waals surface area contributed by atoms with Gasteiger partial charge in [0.2, 0.25) is 11.8 Å². The first-order chi connectivity index (χ1) is 7.52. The number of hydrogen-bond acceptors (Lipinski definition) is 2. The molecule has 0 saturated carbocycles. The van der Waals surface area contributed by atoms with Crippen LogP contribution in [0, 0.1) is 5.92 Å². The van der Waals surface area contributed by atoms with Gasteiger partial charge in [-0.05, 0) is 11.6 Å². The highest BCUT2D eigenvalue weighted by atomic mass is 16.2. The van der Waals surface area contributed by atoms with Gasteiger partial charge >= 0.3 is 0 Å². The third-order valence-corrected chi connectivity index (χ3v) is 2.26. The zero-order chi connectivity index (χ0) is 12.1. The third-order valence-electron chi connectivity index (χ3n) is 2.26. The van der Waals surface area contributed by atoms with Crippen LogP contribution in [0.4, 0.5) is 0 Å². The Morgan fingerprint density at radius 1 is 1.31 bits per heavy atom. The van der Waals surface area contributed by atoms with Crippen molar-refractivity contribution in [2.24, 2.45) is 11.7 Å². The van der Waals surface area contributed by atoms with Gasteiger partial charge < -0.3 is 11.1 Å². The van der Waals surface area contributed by atoms with Crippen LogP contribution in [0.1, 0.15) is 29.8 Å². The molecule has 0 aliphatic rings. The van der Waals surface area contributed by atoms with E-state index < -0.39 is 5.91 Å². The number of nitrogens with one attached hydrogen (secondary N) is 1. The second kappa shape index (κ2) is 5.30. The summed E-state index contributed by atoms with van der Waals surface area (Å²) in [6.07, 6.45) is 0. The van der Waals surface area contributed by atoms with Gasteiger partial charge in [0.05, 0.1) is 0 Å². The minimum absolute atomic E-state index is 0.0423. The molecule has 86 valence electrons. The van der Waals surface area contributed by atoms with Crippen molar-refractivity contribution in [3.05, 3.63) is 35.4 Å². The van der Waals surface area contributed by atoms with E-state index in [0.717, 1.165) is 5.56 Å². The van der Waals surface area contributed by atoms with Gasteiger partial charge in [-0.2, -0.15) is 0 Å². The van der Waals surface area contributed by atoms with E-state index in [9.17, 15) is 9.59 Å². The van der Waals surface area contributed by atoms with Gasteiger partial charge in [-0.15, -0.1) is 0 Å². The number of carbonyl (C=O) groups excluding carboxylic acids is 2. The summed E-state index contributed by atoms with van der Waals surface area (Å²) in [5.74, 6) is -0.589. The third kappa shape index (κ3) is 3.08. The highest BCUT2D eigenvalue weighted by molar-refractivity contribution is 5.94. The van der Waals surface area contributed by atoms with E-state index >= 15 is 0 Å². The molecule has 1 aromatic rings. The molecule has 2 amide bonds. The average Bonchev–Trinajstić information content (AvgIpc) is 2.25. The second-order valence-corrected chi connectivity index (χ2v) is 3.89. The van der Waals surface area contributed by atoms with Gasteiger partial charge in [-0.1, -0.05) is 32.0 Å². The van der Waals surface area contributed by atoms with Crippen molar-refractivity contribution in [1.82, 2.24) is 5.32 Å². The molecule has 16 heavy (non-hydrogen) atoms. The summed E-state index contributed by atoms with van der Waals surface area (Å²) in [6.45, 7) is 3.96. The summed E-state index contributed by atoms with van der Waals surface area (Å²) in [6, 6.07) is 6.98. The summed E-state index contributed by atoms with van der Waals surface area (Å²) >= 11 is 0. The van der Waals surface area contributed by atoms with Gasteiger partial charge in [0, 0.05) is 18.0 Å². The van der Waals surface area contributed by atoms with Gasteiger partial charge in [0.15, 0.2) is 0 Å². The Morgan fingerprint density at radius 2 is 1.94 bits per heavy atom. The Balaban J connectivity index is 2.74. The molecule has 0 saturated heterocycles. The molecule has 1 aromatic carbocycles. The number of primary amides is 1. The largest absolute Gasteiger partial charge is 0.366 e. The van der Waals surface area contributed by atoms with E-state index in [4.69, 9.17) is 5.73 Å². The van der Waals surface area contributed by atoms with E-state index in [1.807, 2.05) is 19.9 Å². The lowest BCUT2D eigenvalue weighted by atomic mass is 10.1. The molecule has 0 bridgehead atoms. The van der Waals surface area contributed by atoms with E-state index in [0.29, 0.717) is 12.1 Å². The molecular formula is C12H16N2O2. The topological polar surface area (TPSA) is 72.2 Å². The Labute approximate surface area is 94.8 Å². The standard InChI is InChI=1S/C12H16N2O2/c1-8(2)12(16)14-7-9-5-3-4-6-10(9)11(13)15/h3-6,8H,7H2,1-2H3,(H2,13,15)(H,14,16). The first kappa shape index (κ1) is 12.2. The Morgan fingerprint density at radius 3 is 2.50 bits per heavy atom. The first-order valence-corrected chi connectivity index (χ1v) is 5.17. The van der Waals surface area contributed by atoms with Crippen LogP contribution >= 0.6 is 0 Å². The molecule has 0 atom stereocenters. The Bertz CT molecular complexity index is 400. The number of carbonyl (C=O) groups is 2. The summed E-state index contributed by atoms with van der Waals surface area (Å²) in [5, 5.41) is 2.75. The van der Waals surface area contributed by atoms with Crippen LogP contribution in [0.5, 0.6) is 0 Å². The maximum absolute atomic E-state index is 11.4. The van der Waals surface area contributed by atoms with Crippen molar-refractivity contribution in [3.63, 3.8) is 0 Å². The predicted octanol–water partition coefficient (Wildman–Crippen LogP) is 1.06. The number of nitrogens with two attached hydrogens (primary N) is 1. The first-order valence-electron chi connectivity index (χ1n) is 5.17. The molecule has 4 nitrogen and oxygen atoms in total. The van der Waals surface area contributed by atoms with E-state index in [1.165, 1.54) is 0 Å². The molecule has 0 aliphatic heterocycles. The highest BCUT2D eigenvalue weighted by Gasteiger charge is 2.10. The summed E-state index contributed by atoms with van der Waals surface area (Å²) in [7, 11) is 0. The molecule has 0 aliphatic carbocycles. The van der Waals surface area contributed by atoms with Crippen molar-refractivity contribution in [2.75, 3.05) is 0 Å². The quantitative estimate of drug-likeness (QED) is 0.796. The molecule has 0 spiro atoms. The maximum Gasteiger partial charge on any atom is 0.249 e. The number of rotatable bonds is 4. The van der Waals surface area contributed by atoms with Crippen molar-refractivity contribution in [2.45, 2.75) is 20.4 Å². The molecule has 0 heterocycles. The lowest BCUT2D eigenvalue weighted by molar-refractivity contribution is -0.124. The van der Waals surface area contributed by atoms with Crippen LogP contribution in [0.2, 0.25) is 0 Å². The Hall–Kier alpha value is -1.84. The monoisotopic (exact) mass is 220 g/mol. The number of benzene rings is 1. The zero-order valence-electron chi connectivity index (χ0n) is 9.49. The molecule has 4 heteroatoms. The molecular weight excluding hydrogens is 204 g/mol. The minimum Gasteiger partial charge on any atom is -0.366 e. The van der Waals surface area contributed by atoms with Crippen LogP contribution in [0.15, 0.2) is 24.3 Å². The van der Waals surface area contributed by atoms with Crippen LogP contribution in [-0.2, 0) is 11.3 Å². The van der Waals surface area contributed by atoms with E-state index in [-0.39, 0.29) is 11.8 Å². The van der Waals surface area contributed by atoms with Gasteiger partial charge in [0.25, 0.3) is 0 Å². The van der Waals surface area contributed by atoms with Gasteiger partial charge in [-0.25, -0.2) is 0 Å². The fourth-order valence-electron chi connectivity index (χ4n) is 1.30. The molecule has 0 aromatic heterocycles. The Kier molecular flexibility index (Phi) is 4.05. The number of amides is 2. The number of hydrogen-bond donors (Lipinski definition) is 2. The maximum atomic E-state index is 11.4. The average molecular weight is 220 g/mol. The summed E-state index contributed by atoms with van der Waals surface area (Å²) in [5.41, 5.74) is 6.42. The SMILES string of the molecule is CC(C)C(=O)NCc1ccccc1C(N)=O. The van der Waals surface area contributed by atoms with Crippen LogP contribution in [-0.4, -0.2) is 11.8 Å². The fourth-order valence-corrected chi connectivity index (χ4v) is 1.30. The summed E-state index contributed by atoms with van der Waals surface area (Å²) < 4.78 is 0. The fraction of sp³-hybridized carbons (Fsp3) is 0.333. The van der Waals surface area contributed by atoms with Crippen LogP contribution in [0.25, 0.3) is 0 Å². The van der Waals surface area contributed by atoms with Crippen LogP contribution in [0.3, 0.4) is 0 Å². The van der Waals surface area contributed by atoms with Crippen LogP contribution < -0.4 is 11.1 Å². The summed E-state index contributed by atoms with van der Waals surface area (Å²) in [4.78, 5) is 22.5.